The highest BCUT2D eigenvalue weighted by Crippen LogP contribution is 2.43. The van der Waals surface area contributed by atoms with Crippen LogP contribution < -0.4 is 0 Å². The first-order chi connectivity index (χ1) is 24.5. The molecule has 0 saturated carbocycles. The van der Waals surface area contributed by atoms with Crippen molar-refractivity contribution in [2.45, 2.75) is 155 Å². The third kappa shape index (κ3) is 34.7. The number of aliphatic hydroxyl groups excluding tert-OH is 3. The summed E-state index contributed by atoms with van der Waals surface area (Å²) in [5, 5.41) is 28.5. The number of rotatable bonds is 34. The van der Waals surface area contributed by atoms with E-state index in [1.807, 2.05) is 12.2 Å². The van der Waals surface area contributed by atoms with Crippen LogP contribution in [0.15, 0.2) is 48.6 Å². The molecule has 0 aliphatic rings. The lowest BCUT2D eigenvalue weighted by Gasteiger charge is -2.20. The van der Waals surface area contributed by atoms with Gasteiger partial charge in [0.15, 0.2) is 6.10 Å². The van der Waals surface area contributed by atoms with Crippen molar-refractivity contribution in [2.24, 2.45) is 5.92 Å². The van der Waals surface area contributed by atoms with Crippen molar-refractivity contribution >= 4 is 19.8 Å². The molecule has 12 heteroatoms. The van der Waals surface area contributed by atoms with Crippen LogP contribution in [-0.4, -0.2) is 76.9 Å². The van der Waals surface area contributed by atoms with Gasteiger partial charge in [0.2, 0.25) is 0 Å². The zero-order valence-electron chi connectivity index (χ0n) is 31.6. The van der Waals surface area contributed by atoms with Crippen LogP contribution in [0.5, 0.6) is 0 Å². The average Bonchev–Trinajstić information content (AvgIpc) is 3.09. The summed E-state index contributed by atoms with van der Waals surface area (Å²) in [6, 6.07) is 0. The molecule has 0 radical (unpaired) electrons. The maximum absolute atomic E-state index is 12.5. The van der Waals surface area contributed by atoms with Gasteiger partial charge in [-0.3, -0.25) is 18.6 Å². The van der Waals surface area contributed by atoms with E-state index >= 15 is 0 Å². The fourth-order valence-corrected chi connectivity index (χ4v) is 5.54. The van der Waals surface area contributed by atoms with Crippen molar-refractivity contribution < 1.29 is 52.9 Å². The summed E-state index contributed by atoms with van der Waals surface area (Å²) >= 11 is 0. The van der Waals surface area contributed by atoms with Crippen molar-refractivity contribution in [3.63, 3.8) is 0 Å². The molecule has 0 aromatic heterocycles. The number of carbonyl (C=O) groups excluding carboxylic acids is 2. The quantitative estimate of drug-likeness (QED) is 0.0165. The lowest BCUT2D eigenvalue weighted by Crippen LogP contribution is -2.30. The van der Waals surface area contributed by atoms with E-state index in [1.165, 1.54) is 44.9 Å². The van der Waals surface area contributed by atoms with E-state index in [0.717, 1.165) is 44.4 Å². The molecule has 0 aliphatic heterocycles. The van der Waals surface area contributed by atoms with Gasteiger partial charge in [-0.05, 0) is 50.9 Å². The molecule has 51 heavy (non-hydrogen) atoms. The van der Waals surface area contributed by atoms with Crippen LogP contribution in [0.1, 0.15) is 136 Å². The van der Waals surface area contributed by atoms with Gasteiger partial charge in [-0.25, -0.2) is 4.57 Å². The Balaban J connectivity index is 4.57. The maximum atomic E-state index is 12.5. The third-order valence-electron chi connectivity index (χ3n) is 7.77. The van der Waals surface area contributed by atoms with E-state index in [1.54, 1.807) is 12.2 Å². The SMILES string of the molecule is CCCCC/C=C\C/C=C\C/C=C\C=C\[C@@H](O)CCCC(=O)OC[C@H](COP(=O)(O)OC[C@@H](O)CO)OC(=O)CCCCCCCCCC(C)C. The first-order valence-corrected chi connectivity index (χ1v) is 20.6. The lowest BCUT2D eigenvalue weighted by atomic mass is 10.0. The molecule has 4 atom stereocenters. The van der Waals surface area contributed by atoms with Gasteiger partial charge in [0.05, 0.1) is 25.9 Å². The van der Waals surface area contributed by atoms with Gasteiger partial charge in [-0.2, -0.15) is 0 Å². The molecule has 0 spiro atoms. The van der Waals surface area contributed by atoms with E-state index in [0.29, 0.717) is 19.3 Å². The average molecular weight is 745 g/mol. The molecule has 0 amide bonds. The summed E-state index contributed by atoms with van der Waals surface area (Å²) < 4.78 is 32.4. The van der Waals surface area contributed by atoms with Gasteiger partial charge < -0.3 is 29.7 Å². The molecule has 296 valence electrons. The Bertz CT molecular complexity index is 1020. The Hall–Kier alpha value is -2.11. The Morgan fingerprint density at radius 2 is 1.33 bits per heavy atom. The second-order valence-electron chi connectivity index (χ2n) is 13.3. The fourth-order valence-electron chi connectivity index (χ4n) is 4.75. The molecule has 0 fully saturated rings. The molecule has 0 aromatic rings. The Morgan fingerprint density at radius 1 is 0.706 bits per heavy atom. The standard InChI is InChI=1S/C39H69O11P/c1-4-5-6-7-8-9-10-11-12-13-16-19-22-26-35(41)27-24-29-38(43)47-32-37(33-49-51(45,46)48-31-36(42)30-40)50-39(44)28-23-20-17-14-15-18-21-25-34(2)3/h8-9,11-12,16,19,22,26,34-37,40-42H,4-7,10,13-15,17-18,20-21,23-25,27-33H2,1-3H3,(H,45,46)/b9-8-,12-11-,19-16-,26-22+/t35-,36+,37-/m1/s1. The number of unbranched alkanes of at least 4 members (excludes halogenated alkanes) is 9. The first kappa shape index (κ1) is 48.9. The number of aliphatic hydroxyl groups is 3. The van der Waals surface area contributed by atoms with Crippen LogP contribution in [0.2, 0.25) is 0 Å². The Morgan fingerprint density at radius 3 is 2.02 bits per heavy atom. The molecular weight excluding hydrogens is 675 g/mol. The van der Waals surface area contributed by atoms with E-state index in [-0.39, 0.29) is 12.8 Å². The summed E-state index contributed by atoms with van der Waals surface area (Å²) in [5.41, 5.74) is 0. The highest BCUT2D eigenvalue weighted by atomic mass is 31.2. The largest absolute Gasteiger partial charge is 0.472 e. The van der Waals surface area contributed by atoms with Gasteiger partial charge in [-0.15, -0.1) is 0 Å². The molecule has 0 aliphatic carbocycles. The van der Waals surface area contributed by atoms with Gasteiger partial charge >= 0.3 is 19.8 Å². The number of allylic oxidation sites excluding steroid dienone is 7. The minimum atomic E-state index is -4.65. The smallest absolute Gasteiger partial charge is 0.462 e. The fraction of sp³-hybridized carbons (Fsp3) is 0.744. The number of phosphoric acid groups is 1. The van der Waals surface area contributed by atoms with Crippen molar-refractivity contribution in [1.29, 1.82) is 0 Å². The zero-order chi connectivity index (χ0) is 38.0. The van der Waals surface area contributed by atoms with Gasteiger partial charge in [0.1, 0.15) is 12.7 Å². The van der Waals surface area contributed by atoms with Crippen molar-refractivity contribution in [3.05, 3.63) is 48.6 Å². The van der Waals surface area contributed by atoms with Crippen LogP contribution >= 0.6 is 7.82 Å². The van der Waals surface area contributed by atoms with E-state index < -0.39 is 64.5 Å². The highest BCUT2D eigenvalue weighted by molar-refractivity contribution is 7.47. The number of hydrogen-bond donors (Lipinski definition) is 4. The number of hydrogen-bond acceptors (Lipinski definition) is 10. The molecule has 0 bridgehead atoms. The monoisotopic (exact) mass is 744 g/mol. The second kappa shape index (κ2) is 33.7. The third-order valence-corrected chi connectivity index (χ3v) is 8.72. The molecule has 0 heterocycles. The van der Waals surface area contributed by atoms with Crippen molar-refractivity contribution in [2.75, 3.05) is 26.4 Å². The second-order valence-corrected chi connectivity index (χ2v) is 14.7. The summed E-state index contributed by atoms with van der Waals surface area (Å²) in [5.74, 6) is -0.413. The van der Waals surface area contributed by atoms with Gasteiger partial charge in [0, 0.05) is 12.8 Å². The summed E-state index contributed by atoms with van der Waals surface area (Å²) in [6.45, 7) is 4.33. The Labute approximate surface area is 307 Å². The zero-order valence-corrected chi connectivity index (χ0v) is 32.5. The summed E-state index contributed by atoms with van der Waals surface area (Å²) in [6.07, 6.45) is 28.6. The first-order valence-electron chi connectivity index (χ1n) is 19.1. The van der Waals surface area contributed by atoms with E-state index in [9.17, 15) is 29.3 Å². The Kier molecular flexibility index (Phi) is 32.3. The van der Waals surface area contributed by atoms with E-state index in [4.69, 9.17) is 19.1 Å². The molecule has 0 aromatic carbocycles. The number of carbonyl (C=O) groups is 2. The topological polar surface area (TPSA) is 169 Å². The summed E-state index contributed by atoms with van der Waals surface area (Å²) in [7, 11) is -4.65. The van der Waals surface area contributed by atoms with Crippen LogP contribution in [0, 0.1) is 5.92 Å². The van der Waals surface area contributed by atoms with Crippen LogP contribution in [0.3, 0.4) is 0 Å². The number of phosphoric ester groups is 1. The molecule has 0 saturated heterocycles. The predicted molar refractivity (Wildman–Crippen MR) is 202 cm³/mol. The predicted octanol–water partition coefficient (Wildman–Crippen LogP) is 8.21. The van der Waals surface area contributed by atoms with Crippen LogP contribution in [0.4, 0.5) is 0 Å². The normalized spacial score (nSPS) is 15.3. The lowest BCUT2D eigenvalue weighted by molar-refractivity contribution is -0.161. The van der Waals surface area contributed by atoms with Crippen LogP contribution in [-0.2, 0) is 32.7 Å². The van der Waals surface area contributed by atoms with Crippen molar-refractivity contribution in [1.82, 2.24) is 0 Å². The maximum Gasteiger partial charge on any atom is 0.472 e. The van der Waals surface area contributed by atoms with Gasteiger partial charge in [0.25, 0.3) is 0 Å². The molecule has 0 rings (SSSR count). The van der Waals surface area contributed by atoms with Crippen molar-refractivity contribution in [3.8, 4) is 0 Å². The van der Waals surface area contributed by atoms with Gasteiger partial charge in [-0.1, -0.05) is 127 Å². The minimum Gasteiger partial charge on any atom is -0.462 e. The minimum absolute atomic E-state index is 0.0121. The molecule has 11 nitrogen and oxygen atoms in total. The highest BCUT2D eigenvalue weighted by Gasteiger charge is 2.27. The van der Waals surface area contributed by atoms with Crippen LogP contribution in [0.25, 0.3) is 0 Å². The number of ether oxygens (including phenoxy) is 2. The summed E-state index contributed by atoms with van der Waals surface area (Å²) in [4.78, 5) is 34.8. The molecule has 4 N–H and O–H groups in total. The number of esters is 2. The molecular formula is C39H69O11P. The molecule has 1 unspecified atom stereocenters. The van der Waals surface area contributed by atoms with E-state index in [2.05, 4.69) is 49.6 Å².